The fraction of sp³-hybridized carbons (Fsp3) is 1.00. The van der Waals surface area contributed by atoms with Gasteiger partial charge in [-0.3, -0.25) is 4.90 Å². The lowest BCUT2D eigenvalue weighted by Crippen LogP contribution is -2.42. The zero-order chi connectivity index (χ0) is 13.5. The molecule has 0 aromatic carbocycles. The Hall–Kier alpha value is -0.160. The summed E-state index contributed by atoms with van der Waals surface area (Å²) in [6.45, 7) is 8.22. The molecule has 1 saturated carbocycles. The molecule has 0 radical (unpaired) electrons. The minimum Gasteiger partial charge on any atom is -0.382 e. The minimum atomic E-state index is 0.702. The predicted octanol–water partition coefficient (Wildman–Crippen LogP) is 1.50. The van der Waals surface area contributed by atoms with Gasteiger partial charge >= 0.3 is 0 Å². The van der Waals surface area contributed by atoms with Crippen molar-refractivity contribution >= 4 is 0 Å². The average molecular weight is 270 g/mol. The molecule has 1 aliphatic heterocycles. The van der Waals surface area contributed by atoms with Gasteiger partial charge in [0.25, 0.3) is 0 Å². The molecule has 2 rings (SSSR count). The maximum absolute atomic E-state index is 5.55. The van der Waals surface area contributed by atoms with Crippen LogP contribution in [0.25, 0.3) is 0 Å². The van der Waals surface area contributed by atoms with Crippen LogP contribution in [0.5, 0.6) is 0 Å². The second kappa shape index (κ2) is 8.20. The molecule has 4 heteroatoms. The van der Waals surface area contributed by atoms with Crippen LogP contribution in [-0.2, 0) is 9.47 Å². The number of ether oxygens (including phenoxy) is 2. The monoisotopic (exact) mass is 270 g/mol. The quantitative estimate of drug-likeness (QED) is 0.678. The molecule has 0 spiro atoms. The zero-order valence-corrected chi connectivity index (χ0v) is 12.6. The van der Waals surface area contributed by atoms with Gasteiger partial charge in [-0.25, -0.2) is 0 Å². The van der Waals surface area contributed by atoms with Gasteiger partial charge in [0.1, 0.15) is 0 Å². The van der Waals surface area contributed by atoms with Gasteiger partial charge in [0, 0.05) is 38.9 Å². The molecule has 2 aliphatic rings. The van der Waals surface area contributed by atoms with Crippen LogP contribution in [0, 0.1) is 5.92 Å². The maximum atomic E-state index is 5.55. The first-order valence-electron chi connectivity index (χ1n) is 7.85. The molecule has 0 aromatic rings. The van der Waals surface area contributed by atoms with Gasteiger partial charge < -0.3 is 14.8 Å². The summed E-state index contributed by atoms with van der Waals surface area (Å²) in [4.78, 5) is 2.66. The van der Waals surface area contributed by atoms with Crippen molar-refractivity contribution in [2.75, 3.05) is 46.6 Å². The Balaban J connectivity index is 1.64. The van der Waals surface area contributed by atoms with Crippen LogP contribution in [-0.4, -0.2) is 63.5 Å². The van der Waals surface area contributed by atoms with Crippen molar-refractivity contribution in [1.29, 1.82) is 0 Å². The van der Waals surface area contributed by atoms with E-state index in [4.69, 9.17) is 9.47 Å². The number of rotatable bonds is 8. The lowest BCUT2D eigenvalue weighted by atomic mass is 10.1. The summed E-state index contributed by atoms with van der Waals surface area (Å²) in [7, 11) is 1.72. The fourth-order valence-corrected chi connectivity index (χ4v) is 2.90. The van der Waals surface area contributed by atoms with Crippen LogP contribution in [0.2, 0.25) is 0 Å². The summed E-state index contributed by atoms with van der Waals surface area (Å²) >= 11 is 0. The Kier molecular flexibility index (Phi) is 6.57. The van der Waals surface area contributed by atoms with Gasteiger partial charge in [-0.05, 0) is 45.1 Å². The highest BCUT2D eigenvalue weighted by molar-refractivity contribution is 4.91. The van der Waals surface area contributed by atoms with Crippen molar-refractivity contribution in [2.24, 2.45) is 5.92 Å². The Bertz CT molecular complexity index is 246. The number of nitrogens with one attached hydrogen (secondary N) is 1. The van der Waals surface area contributed by atoms with E-state index in [1.807, 2.05) is 0 Å². The summed E-state index contributed by atoms with van der Waals surface area (Å²) in [6, 6.07) is 1.44. The van der Waals surface area contributed by atoms with Crippen molar-refractivity contribution in [2.45, 2.75) is 44.7 Å². The van der Waals surface area contributed by atoms with Crippen molar-refractivity contribution < 1.29 is 9.47 Å². The maximum Gasteiger partial charge on any atom is 0.0700 e. The van der Waals surface area contributed by atoms with Gasteiger partial charge in [0.15, 0.2) is 0 Å². The Labute approximate surface area is 117 Å². The molecule has 1 N–H and O–H groups in total. The van der Waals surface area contributed by atoms with E-state index >= 15 is 0 Å². The molecule has 1 heterocycles. The second-order valence-corrected chi connectivity index (χ2v) is 5.99. The molecule has 2 unspecified atom stereocenters. The molecule has 2 fully saturated rings. The fourth-order valence-electron chi connectivity index (χ4n) is 2.90. The lowest BCUT2D eigenvalue weighted by molar-refractivity contribution is 0.0628. The largest absolute Gasteiger partial charge is 0.382 e. The molecule has 1 saturated heterocycles. The van der Waals surface area contributed by atoms with Gasteiger partial charge in [0.05, 0.1) is 13.2 Å². The highest BCUT2D eigenvalue weighted by atomic mass is 16.5. The Morgan fingerprint density at radius 2 is 2.00 bits per heavy atom. The van der Waals surface area contributed by atoms with Gasteiger partial charge in [-0.15, -0.1) is 0 Å². The van der Waals surface area contributed by atoms with E-state index in [0.29, 0.717) is 12.6 Å². The third-order valence-electron chi connectivity index (χ3n) is 4.38. The van der Waals surface area contributed by atoms with Crippen LogP contribution in [0.3, 0.4) is 0 Å². The van der Waals surface area contributed by atoms with E-state index in [2.05, 4.69) is 17.1 Å². The summed E-state index contributed by atoms with van der Waals surface area (Å²) in [5.74, 6) is 0.950. The first-order valence-corrected chi connectivity index (χ1v) is 7.85. The molecule has 112 valence electrons. The number of methoxy groups -OCH3 is 1. The Morgan fingerprint density at radius 3 is 2.74 bits per heavy atom. The van der Waals surface area contributed by atoms with Crippen molar-refractivity contribution in [1.82, 2.24) is 10.2 Å². The minimum absolute atomic E-state index is 0.702. The van der Waals surface area contributed by atoms with Crippen molar-refractivity contribution in [3.05, 3.63) is 0 Å². The highest BCUT2D eigenvalue weighted by Gasteiger charge is 2.34. The predicted molar refractivity (Wildman–Crippen MR) is 77.5 cm³/mol. The van der Waals surface area contributed by atoms with Crippen LogP contribution < -0.4 is 5.32 Å². The van der Waals surface area contributed by atoms with Gasteiger partial charge in [0.2, 0.25) is 0 Å². The third-order valence-corrected chi connectivity index (χ3v) is 4.38. The molecule has 1 aliphatic carbocycles. The average Bonchev–Trinajstić information content (AvgIpc) is 3.22. The topological polar surface area (TPSA) is 33.7 Å². The molecular weight excluding hydrogens is 240 g/mol. The highest BCUT2D eigenvalue weighted by Crippen LogP contribution is 2.34. The van der Waals surface area contributed by atoms with Crippen LogP contribution in [0.15, 0.2) is 0 Å². The number of hydrogen-bond donors (Lipinski definition) is 1. The van der Waals surface area contributed by atoms with Crippen LogP contribution >= 0.6 is 0 Å². The van der Waals surface area contributed by atoms with E-state index in [1.165, 1.54) is 38.9 Å². The van der Waals surface area contributed by atoms with Crippen LogP contribution in [0.1, 0.15) is 32.6 Å². The van der Waals surface area contributed by atoms with E-state index in [9.17, 15) is 0 Å². The van der Waals surface area contributed by atoms with Crippen LogP contribution in [0.4, 0.5) is 0 Å². The van der Waals surface area contributed by atoms with Gasteiger partial charge in [-0.1, -0.05) is 0 Å². The first kappa shape index (κ1) is 15.2. The summed E-state index contributed by atoms with van der Waals surface area (Å²) in [6.07, 6.45) is 5.26. The molecule has 19 heavy (non-hydrogen) atoms. The summed E-state index contributed by atoms with van der Waals surface area (Å²) in [5, 5.41) is 3.73. The van der Waals surface area contributed by atoms with E-state index in [1.54, 1.807) is 7.11 Å². The molecule has 2 atom stereocenters. The lowest BCUT2D eigenvalue weighted by Gasteiger charge is -2.29. The van der Waals surface area contributed by atoms with Crippen molar-refractivity contribution in [3.8, 4) is 0 Å². The molecule has 0 bridgehead atoms. The second-order valence-electron chi connectivity index (χ2n) is 5.99. The molecular formula is C15H30N2O2. The zero-order valence-electron chi connectivity index (χ0n) is 12.6. The van der Waals surface area contributed by atoms with E-state index < -0.39 is 0 Å². The SMILES string of the molecule is COCCOCCCN1CC(C2CC2)NCCC1C. The smallest absolute Gasteiger partial charge is 0.0700 e. The molecule has 0 amide bonds. The summed E-state index contributed by atoms with van der Waals surface area (Å²) in [5.41, 5.74) is 0. The molecule has 4 nitrogen and oxygen atoms in total. The summed E-state index contributed by atoms with van der Waals surface area (Å²) < 4.78 is 10.5. The number of hydrogen-bond acceptors (Lipinski definition) is 4. The van der Waals surface area contributed by atoms with Gasteiger partial charge in [-0.2, -0.15) is 0 Å². The molecule has 0 aromatic heterocycles. The van der Waals surface area contributed by atoms with Crippen molar-refractivity contribution in [3.63, 3.8) is 0 Å². The first-order chi connectivity index (χ1) is 9.31. The normalized spacial score (nSPS) is 29.4. The number of nitrogens with zero attached hydrogens (tertiary/aromatic N) is 1. The standard InChI is InChI=1S/C15H30N2O2/c1-13-6-7-16-15(14-4-5-14)12-17(13)8-3-9-19-11-10-18-2/h13-16H,3-12H2,1-2H3. The Morgan fingerprint density at radius 1 is 1.16 bits per heavy atom. The van der Waals surface area contributed by atoms with E-state index in [0.717, 1.165) is 31.6 Å². The van der Waals surface area contributed by atoms with E-state index in [-0.39, 0.29) is 0 Å². The third kappa shape index (κ3) is 5.38.